The van der Waals surface area contributed by atoms with Crippen LogP contribution in [0.4, 0.5) is 0 Å². The third kappa shape index (κ3) is 2.82. The van der Waals surface area contributed by atoms with E-state index in [0.29, 0.717) is 37.3 Å². The Morgan fingerprint density at radius 2 is 2.33 bits per heavy atom. The Morgan fingerprint density at radius 3 is 3.04 bits per heavy atom. The minimum atomic E-state index is -0.0814. The second-order valence-corrected chi connectivity index (χ2v) is 6.71. The van der Waals surface area contributed by atoms with E-state index in [2.05, 4.69) is 20.3 Å². The molecular weight excluding hydrogens is 310 g/mol. The van der Waals surface area contributed by atoms with Crippen molar-refractivity contribution in [1.82, 2.24) is 25.2 Å². The first-order valence-corrected chi connectivity index (χ1v) is 8.32. The van der Waals surface area contributed by atoms with Crippen molar-refractivity contribution in [1.29, 1.82) is 0 Å². The van der Waals surface area contributed by atoms with Crippen LogP contribution in [0.15, 0.2) is 10.6 Å². The molecule has 2 aliphatic rings. The molecule has 0 bridgehead atoms. The van der Waals surface area contributed by atoms with Gasteiger partial charge in [0.05, 0.1) is 18.4 Å². The van der Waals surface area contributed by atoms with E-state index in [9.17, 15) is 4.79 Å². The number of hydrogen-bond donors (Lipinski definition) is 1. The SMILES string of the molecule is Cc1cc(C(=O)N2CC[C@@H]3[C@@H](CO[C@H]3Cc3n[nH]c(C)n3)C2)on1. The Balaban J connectivity index is 1.39. The predicted molar refractivity (Wildman–Crippen MR) is 83.3 cm³/mol. The molecule has 0 aliphatic carbocycles. The van der Waals surface area contributed by atoms with Gasteiger partial charge in [0.25, 0.3) is 5.91 Å². The van der Waals surface area contributed by atoms with Crippen molar-refractivity contribution in [2.24, 2.45) is 11.8 Å². The van der Waals surface area contributed by atoms with E-state index < -0.39 is 0 Å². The van der Waals surface area contributed by atoms with Crippen LogP contribution < -0.4 is 0 Å². The molecule has 2 aromatic rings. The minimum absolute atomic E-state index is 0.0814. The molecule has 0 spiro atoms. The van der Waals surface area contributed by atoms with Crippen LogP contribution in [0, 0.1) is 25.7 Å². The third-order valence-electron chi connectivity index (χ3n) is 4.95. The number of rotatable bonds is 3. The monoisotopic (exact) mass is 331 g/mol. The molecule has 8 heteroatoms. The number of amides is 1. The number of piperidine rings is 1. The van der Waals surface area contributed by atoms with E-state index in [1.807, 2.05) is 18.7 Å². The van der Waals surface area contributed by atoms with Crippen LogP contribution in [0.25, 0.3) is 0 Å². The fourth-order valence-electron chi connectivity index (χ4n) is 3.76. The van der Waals surface area contributed by atoms with E-state index in [1.165, 1.54) is 0 Å². The highest BCUT2D eigenvalue weighted by Gasteiger charge is 2.42. The van der Waals surface area contributed by atoms with E-state index >= 15 is 0 Å². The number of carbonyl (C=O) groups is 1. The highest BCUT2D eigenvalue weighted by Crippen LogP contribution is 2.36. The van der Waals surface area contributed by atoms with Gasteiger partial charge in [0, 0.05) is 31.5 Å². The summed E-state index contributed by atoms with van der Waals surface area (Å²) >= 11 is 0. The minimum Gasteiger partial charge on any atom is -0.377 e. The van der Waals surface area contributed by atoms with Crippen molar-refractivity contribution in [3.63, 3.8) is 0 Å². The van der Waals surface area contributed by atoms with Gasteiger partial charge < -0.3 is 14.2 Å². The lowest BCUT2D eigenvalue weighted by molar-refractivity contribution is 0.0572. The number of aromatic amines is 1. The number of aromatic nitrogens is 4. The number of ether oxygens (including phenoxy) is 1. The normalized spacial score (nSPS) is 26.6. The third-order valence-corrected chi connectivity index (χ3v) is 4.95. The quantitative estimate of drug-likeness (QED) is 0.905. The lowest BCUT2D eigenvalue weighted by Crippen LogP contribution is -2.44. The van der Waals surface area contributed by atoms with Gasteiger partial charge >= 0.3 is 0 Å². The number of likely N-dealkylation sites (tertiary alicyclic amines) is 1. The summed E-state index contributed by atoms with van der Waals surface area (Å²) in [6, 6.07) is 1.69. The average Bonchev–Trinajstić information content (AvgIpc) is 3.28. The first-order valence-electron chi connectivity index (χ1n) is 8.32. The Labute approximate surface area is 139 Å². The van der Waals surface area contributed by atoms with E-state index in [4.69, 9.17) is 9.26 Å². The summed E-state index contributed by atoms with van der Waals surface area (Å²) in [4.78, 5) is 18.7. The largest absolute Gasteiger partial charge is 0.377 e. The predicted octanol–water partition coefficient (Wildman–Crippen LogP) is 1.13. The molecule has 4 heterocycles. The zero-order valence-electron chi connectivity index (χ0n) is 13.9. The molecule has 3 atom stereocenters. The topological polar surface area (TPSA) is 97.1 Å². The van der Waals surface area contributed by atoms with Gasteiger partial charge in [-0.25, -0.2) is 4.98 Å². The van der Waals surface area contributed by atoms with Crippen LogP contribution in [-0.4, -0.2) is 56.9 Å². The van der Waals surface area contributed by atoms with Gasteiger partial charge in [0.2, 0.25) is 5.76 Å². The van der Waals surface area contributed by atoms with Gasteiger partial charge in [-0.3, -0.25) is 9.89 Å². The van der Waals surface area contributed by atoms with E-state index in [0.717, 1.165) is 30.2 Å². The van der Waals surface area contributed by atoms with Gasteiger partial charge in [-0.1, -0.05) is 5.16 Å². The summed E-state index contributed by atoms with van der Waals surface area (Å²) in [5, 5.41) is 10.9. The van der Waals surface area contributed by atoms with Crippen molar-refractivity contribution in [2.45, 2.75) is 32.8 Å². The fraction of sp³-hybridized carbons (Fsp3) is 0.625. The van der Waals surface area contributed by atoms with Crippen LogP contribution in [-0.2, 0) is 11.2 Å². The maximum atomic E-state index is 12.5. The molecule has 2 fully saturated rings. The first kappa shape index (κ1) is 15.3. The number of aryl methyl sites for hydroxylation is 2. The summed E-state index contributed by atoms with van der Waals surface area (Å²) < 4.78 is 11.1. The van der Waals surface area contributed by atoms with Crippen molar-refractivity contribution in [2.75, 3.05) is 19.7 Å². The Hall–Kier alpha value is -2.22. The summed E-state index contributed by atoms with van der Waals surface area (Å²) in [6.07, 6.45) is 1.79. The molecule has 2 saturated heterocycles. The maximum Gasteiger partial charge on any atom is 0.292 e. The van der Waals surface area contributed by atoms with Gasteiger partial charge in [-0.15, -0.1) is 0 Å². The van der Waals surface area contributed by atoms with Crippen LogP contribution >= 0.6 is 0 Å². The molecule has 128 valence electrons. The molecule has 2 aromatic heterocycles. The summed E-state index contributed by atoms with van der Waals surface area (Å²) in [6.45, 7) is 5.80. The molecule has 1 N–H and O–H groups in total. The smallest absolute Gasteiger partial charge is 0.292 e. The molecule has 0 radical (unpaired) electrons. The van der Waals surface area contributed by atoms with Gasteiger partial charge in [-0.2, -0.15) is 5.10 Å². The molecule has 0 unspecified atom stereocenters. The fourth-order valence-corrected chi connectivity index (χ4v) is 3.76. The van der Waals surface area contributed by atoms with Crippen molar-refractivity contribution in [3.05, 3.63) is 29.2 Å². The lowest BCUT2D eigenvalue weighted by Gasteiger charge is -2.35. The number of nitrogens with one attached hydrogen (secondary N) is 1. The Bertz CT molecular complexity index is 740. The van der Waals surface area contributed by atoms with Crippen molar-refractivity contribution in [3.8, 4) is 0 Å². The zero-order chi connectivity index (χ0) is 16.7. The average molecular weight is 331 g/mol. The van der Waals surface area contributed by atoms with Gasteiger partial charge in [-0.05, 0) is 26.2 Å². The lowest BCUT2D eigenvalue weighted by atomic mass is 9.83. The summed E-state index contributed by atoms with van der Waals surface area (Å²) in [7, 11) is 0. The molecule has 0 aromatic carbocycles. The van der Waals surface area contributed by atoms with E-state index in [1.54, 1.807) is 6.07 Å². The zero-order valence-corrected chi connectivity index (χ0v) is 13.9. The van der Waals surface area contributed by atoms with E-state index in [-0.39, 0.29) is 12.0 Å². The van der Waals surface area contributed by atoms with Crippen LogP contribution in [0.5, 0.6) is 0 Å². The highest BCUT2D eigenvalue weighted by atomic mass is 16.5. The molecule has 24 heavy (non-hydrogen) atoms. The van der Waals surface area contributed by atoms with Crippen molar-refractivity contribution < 1.29 is 14.1 Å². The van der Waals surface area contributed by atoms with Gasteiger partial charge in [0.15, 0.2) is 5.82 Å². The summed E-state index contributed by atoms with van der Waals surface area (Å²) in [5.74, 6) is 2.66. The number of H-pyrrole nitrogens is 1. The number of fused-ring (bicyclic) bond motifs is 1. The molecule has 2 aliphatic heterocycles. The highest BCUT2D eigenvalue weighted by molar-refractivity contribution is 5.91. The van der Waals surface area contributed by atoms with Crippen LogP contribution in [0.2, 0.25) is 0 Å². The second-order valence-electron chi connectivity index (χ2n) is 6.71. The number of carbonyl (C=O) groups excluding carboxylic acids is 1. The molecule has 4 rings (SSSR count). The van der Waals surface area contributed by atoms with Crippen LogP contribution in [0.3, 0.4) is 0 Å². The molecule has 1 amide bonds. The van der Waals surface area contributed by atoms with Crippen molar-refractivity contribution >= 4 is 5.91 Å². The molecule has 8 nitrogen and oxygen atoms in total. The standard InChI is InChI=1S/C16H21N5O3/c1-9-5-14(24-20-9)16(22)21-4-3-12-11(7-21)8-23-13(12)6-15-17-10(2)18-19-15/h5,11-13H,3-4,6-8H2,1-2H3,(H,17,18,19)/t11-,12-,13+/m1/s1. The molecular formula is C16H21N5O3. The second kappa shape index (κ2) is 6.01. The Kier molecular flexibility index (Phi) is 3.84. The maximum absolute atomic E-state index is 12.5. The Morgan fingerprint density at radius 1 is 1.46 bits per heavy atom. The number of nitrogens with zero attached hydrogens (tertiary/aromatic N) is 4. The first-order chi connectivity index (χ1) is 11.6. The van der Waals surface area contributed by atoms with Crippen LogP contribution in [0.1, 0.15) is 34.3 Å². The summed E-state index contributed by atoms with van der Waals surface area (Å²) in [5.41, 5.74) is 0.722. The molecule has 0 saturated carbocycles. The number of hydrogen-bond acceptors (Lipinski definition) is 6. The van der Waals surface area contributed by atoms with Gasteiger partial charge in [0.1, 0.15) is 5.82 Å².